The fourth-order valence-electron chi connectivity index (χ4n) is 1.39. The van der Waals surface area contributed by atoms with Gasteiger partial charge in [-0.25, -0.2) is 0 Å². The minimum absolute atomic E-state index is 0.607. The normalized spacial score (nSPS) is 9.75. The second kappa shape index (κ2) is 5.02. The predicted molar refractivity (Wildman–Crippen MR) is 66.1 cm³/mol. The van der Waals surface area contributed by atoms with Gasteiger partial charge in [0.2, 0.25) is 0 Å². The molecule has 0 N–H and O–H groups in total. The first kappa shape index (κ1) is 11.0. The lowest BCUT2D eigenvalue weighted by Crippen LogP contribution is -1.86. The molecular formula is C12H7ClN2S. The topological polar surface area (TPSA) is 36.7 Å². The van der Waals surface area contributed by atoms with E-state index in [2.05, 4.69) is 11.1 Å². The standard InChI is InChI=1S/C12H7ClN2S/c13-16-12-5-4-9(8-14)7-10(12)11-3-1-2-6-15-11/h1-7H. The van der Waals surface area contributed by atoms with Crippen molar-refractivity contribution in [2.45, 2.75) is 4.90 Å². The molecule has 0 radical (unpaired) electrons. The average Bonchev–Trinajstić information content (AvgIpc) is 2.39. The highest BCUT2D eigenvalue weighted by Gasteiger charge is 2.07. The summed E-state index contributed by atoms with van der Waals surface area (Å²) in [7, 11) is 6.92. The molecule has 16 heavy (non-hydrogen) atoms. The van der Waals surface area contributed by atoms with Crippen LogP contribution in [0.3, 0.4) is 0 Å². The van der Waals surface area contributed by atoms with Crippen LogP contribution in [0.4, 0.5) is 0 Å². The van der Waals surface area contributed by atoms with Gasteiger partial charge in [0, 0.05) is 16.7 Å². The summed E-state index contributed by atoms with van der Waals surface area (Å²) >= 11 is 0. The molecule has 0 saturated heterocycles. The van der Waals surface area contributed by atoms with Crippen molar-refractivity contribution < 1.29 is 0 Å². The lowest BCUT2D eigenvalue weighted by atomic mass is 10.1. The molecular weight excluding hydrogens is 240 g/mol. The average molecular weight is 247 g/mol. The molecule has 0 spiro atoms. The Morgan fingerprint density at radius 2 is 2.12 bits per heavy atom. The van der Waals surface area contributed by atoms with Crippen LogP contribution in [0.15, 0.2) is 47.5 Å². The van der Waals surface area contributed by atoms with Crippen LogP contribution in [0.25, 0.3) is 11.3 Å². The second-order valence-electron chi connectivity index (χ2n) is 3.11. The molecule has 0 aliphatic rings. The summed E-state index contributed by atoms with van der Waals surface area (Å²) in [4.78, 5) is 5.15. The Balaban J connectivity index is 2.59. The van der Waals surface area contributed by atoms with Gasteiger partial charge in [0.05, 0.1) is 17.3 Å². The third kappa shape index (κ3) is 2.19. The number of halogens is 1. The molecule has 0 unspecified atom stereocenters. The van der Waals surface area contributed by atoms with Crippen LogP contribution in [0.5, 0.6) is 0 Å². The molecule has 2 nitrogen and oxygen atoms in total. The van der Waals surface area contributed by atoms with Crippen molar-refractivity contribution in [1.82, 2.24) is 4.98 Å². The molecule has 0 fully saturated rings. The fraction of sp³-hybridized carbons (Fsp3) is 0. The quantitative estimate of drug-likeness (QED) is 0.807. The number of benzene rings is 1. The Morgan fingerprint density at radius 1 is 1.25 bits per heavy atom. The molecule has 0 aliphatic heterocycles. The van der Waals surface area contributed by atoms with Crippen molar-refractivity contribution in [2.24, 2.45) is 0 Å². The van der Waals surface area contributed by atoms with Crippen LogP contribution in [0, 0.1) is 11.3 Å². The lowest BCUT2D eigenvalue weighted by molar-refractivity contribution is 1.29. The SMILES string of the molecule is N#Cc1ccc(SCl)c(-c2ccccn2)c1. The minimum atomic E-state index is 0.607. The van der Waals surface area contributed by atoms with Crippen molar-refractivity contribution in [3.05, 3.63) is 48.2 Å². The van der Waals surface area contributed by atoms with Gasteiger partial charge in [-0.2, -0.15) is 5.26 Å². The summed E-state index contributed by atoms with van der Waals surface area (Å²) in [6.45, 7) is 0. The highest BCUT2D eigenvalue weighted by molar-refractivity contribution is 8.21. The van der Waals surface area contributed by atoms with Gasteiger partial charge in [-0.1, -0.05) is 6.07 Å². The Bertz CT molecular complexity index is 534. The maximum Gasteiger partial charge on any atom is 0.0991 e. The number of aromatic nitrogens is 1. The zero-order valence-corrected chi connectivity index (χ0v) is 9.79. The lowest BCUT2D eigenvalue weighted by Gasteiger charge is -2.05. The molecule has 0 atom stereocenters. The van der Waals surface area contributed by atoms with E-state index in [1.807, 2.05) is 24.3 Å². The largest absolute Gasteiger partial charge is 0.256 e. The maximum absolute atomic E-state index is 8.86. The van der Waals surface area contributed by atoms with E-state index in [0.29, 0.717) is 5.56 Å². The van der Waals surface area contributed by atoms with Crippen molar-refractivity contribution in [3.8, 4) is 17.3 Å². The fourth-order valence-corrected chi connectivity index (χ4v) is 2.16. The Kier molecular flexibility index (Phi) is 3.45. The summed E-state index contributed by atoms with van der Waals surface area (Å²) in [6.07, 6.45) is 1.72. The zero-order chi connectivity index (χ0) is 11.4. The summed E-state index contributed by atoms with van der Waals surface area (Å²) in [5.74, 6) is 0. The van der Waals surface area contributed by atoms with Gasteiger partial charge < -0.3 is 0 Å². The predicted octanol–water partition coefficient (Wildman–Crippen LogP) is 3.87. The Morgan fingerprint density at radius 3 is 2.75 bits per heavy atom. The number of hydrogen-bond acceptors (Lipinski definition) is 3. The van der Waals surface area contributed by atoms with E-state index < -0.39 is 0 Å². The van der Waals surface area contributed by atoms with Gasteiger partial charge in [-0.15, -0.1) is 0 Å². The molecule has 0 aliphatic carbocycles. The van der Waals surface area contributed by atoms with Gasteiger partial charge in [0.15, 0.2) is 0 Å². The Labute approximate surface area is 102 Å². The van der Waals surface area contributed by atoms with Crippen LogP contribution in [0.1, 0.15) is 5.56 Å². The second-order valence-corrected chi connectivity index (χ2v) is 4.17. The van der Waals surface area contributed by atoms with Gasteiger partial charge in [-0.3, -0.25) is 4.98 Å². The first-order valence-corrected chi connectivity index (χ1v) is 6.23. The molecule has 0 bridgehead atoms. The van der Waals surface area contributed by atoms with E-state index in [-0.39, 0.29) is 0 Å². The third-order valence-corrected chi connectivity index (χ3v) is 3.15. The minimum Gasteiger partial charge on any atom is -0.256 e. The first-order valence-electron chi connectivity index (χ1n) is 4.59. The monoisotopic (exact) mass is 246 g/mol. The van der Waals surface area contributed by atoms with Crippen LogP contribution in [-0.4, -0.2) is 4.98 Å². The van der Waals surface area contributed by atoms with Crippen molar-refractivity contribution in [1.29, 1.82) is 5.26 Å². The summed E-state index contributed by atoms with van der Waals surface area (Å²) in [5.41, 5.74) is 2.32. The molecule has 0 amide bonds. The van der Waals surface area contributed by atoms with E-state index in [0.717, 1.165) is 27.1 Å². The highest BCUT2D eigenvalue weighted by atomic mass is 35.7. The maximum atomic E-state index is 8.86. The van der Waals surface area contributed by atoms with E-state index in [4.69, 9.17) is 15.9 Å². The molecule has 2 aromatic rings. The first-order chi connectivity index (χ1) is 7.85. The summed E-state index contributed by atoms with van der Waals surface area (Å²) < 4.78 is 0. The third-order valence-electron chi connectivity index (χ3n) is 2.13. The number of nitriles is 1. The number of nitrogens with zero attached hydrogens (tertiary/aromatic N) is 2. The molecule has 1 aromatic carbocycles. The molecule has 78 valence electrons. The molecule has 1 heterocycles. The summed E-state index contributed by atoms with van der Waals surface area (Å²) in [6, 6.07) is 13.1. The van der Waals surface area contributed by atoms with Crippen molar-refractivity contribution in [2.75, 3.05) is 0 Å². The van der Waals surface area contributed by atoms with Crippen LogP contribution < -0.4 is 0 Å². The smallest absolute Gasteiger partial charge is 0.0991 e. The van der Waals surface area contributed by atoms with Crippen molar-refractivity contribution in [3.63, 3.8) is 0 Å². The van der Waals surface area contributed by atoms with E-state index >= 15 is 0 Å². The van der Waals surface area contributed by atoms with Crippen LogP contribution in [-0.2, 0) is 0 Å². The number of rotatable bonds is 2. The number of pyridine rings is 1. The Hall–Kier alpha value is -1.50. The van der Waals surface area contributed by atoms with E-state index in [1.54, 1.807) is 18.3 Å². The molecule has 0 saturated carbocycles. The van der Waals surface area contributed by atoms with Gasteiger partial charge in [-0.05, 0) is 52.0 Å². The molecule has 4 heteroatoms. The number of hydrogen-bond donors (Lipinski definition) is 0. The van der Waals surface area contributed by atoms with Crippen LogP contribution in [0.2, 0.25) is 0 Å². The zero-order valence-electron chi connectivity index (χ0n) is 8.22. The summed E-state index contributed by atoms with van der Waals surface area (Å²) in [5, 5.41) is 8.86. The van der Waals surface area contributed by atoms with Gasteiger partial charge in [0.1, 0.15) is 0 Å². The molecule has 2 rings (SSSR count). The van der Waals surface area contributed by atoms with Gasteiger partial charge in [0.25, 0.3) is 0 Å². The molecule has 1 aromatic heterocycles. The van der Waals surface area contributed by atoms with Crippen molar-refractivity contribution >= 4 is 21.7 Å². The van der Waals surface area contributed by atoms with E-state index in [1.165, 1.54) is 0 Å². The van der Waals surface area contributed by atoms with Crippen LogP contribution >= 0.6 is 21.7 Å². The van der Waals surface area contributed by atoms with Gasteiger partial charge >= 0.3 is 0 Å². The highest BCUT2D eigenvalue weighted by Crippen LogP contribution is 2.33. The van der Waals surface area contributed by atoms with E-state index in [9.17, 15) is 0 Å².